The molecule has 6 nitrogen and oxygen atoms in total. The van der Waals surface area contributed by atoms with E-state index >= 15 is 0 Å². The molecule has 186 valence electrons. The van der Waals surface area contributed by atoms with Crippen molar-refractivity contribution >= 4 is 29.3 Å². The average Bonchev–Trinajstić information content (AvgIpc) is 2.92. The van der Waals surface area contributed by atoms with E-state index in [1.54, 1.807) is 16.7 Å². The molecule has 2 aliphatic rings. The van der Waals surface area contributed by atoms with Gasteiger partial charge < -0.3 is 15.5 Å². The molecular weight excluding hydrogens is 468 g/mol. The summed E-state index contributed by atoms with van der Waals surface area (Å²) in [6.45, 7) is 5.24. The van der Waals surface area contributed by atoms with Crippen LogP contribution in [-0.2, 0) is 24.3 Å². The van der Waals surface area contributed by atoms with Crippen molar-refractivity contribution < 1.29 is 9.59 Å². The number of fused-ring (bicyclic) bond motifs is 1. The van der Waals surface area contributed by atoms with Crippen LogP contribution in [0.4, 0.5) is 5.69 Å². The third-order valence-corrected chi connectivity index (χ3v) is 8.03. The summed E-state index contributed by atoms with van der Waals surface area (Å²) in [6.07, 6.45) is 2.59. The molecule has 3 aromatic rings. The maximum Gasteiger partial charge on any atom is 0.254 e. The fraction of sp³-hybridized carbons (Fsp3) is 0.310. The van der Waals surface area contributed by atoms with Gasteiger partial charge in [-0.3, -0.25) is 14.5 Å². The van der Waals surface area contributed by atoms with Gasteiger partial charge in [0, 0.05) is 56.1 Å². The molecule has 0 spiro atoms. The van der Waals surface area contributed by atoms with E-state index in [4.69, 9.17) is 5.73 Å². The molecule has 2 amide bonds. The van der Waals surface area contributed by atoms with Crippen LogP contribution in [0.3, 0.4) is 0 Å². The summed E-state index contributed by atoms with van der Waals surface area (Å²) in [7, 11) is 0. The molecule has 1 atom stereocenters. The van der Waals surface area contributed by atoms with Crippen molar-refractivity contribution in [2.75, 3.05) is 37.3 Å². The topological polar surface area (TPSA) is 69.9 Å². The van der Waals surface area contributed by atoms with Gasteiger partial charge in [-0.25, -0.2) is 0 Å². The SMILES string of the molecule is CSc1ccccc1N1CCN(Cc2ccc(C(=O)N3Cc4ccccc4C[C@H]3C(N)=O)cc2)CC1. The number of anilines is 1. The fourth-order valence-corrected chi connectivity index (χ4v) is 5.83. The van der Waals surface area contributed by atoms with Gasteiger partial charge in [-0.05, 0) is 47.2 Å². The zero-order valence-corrected chi connectivity index (χ0v) is 21.4. The van der Waals surface area contributed by atoms with Crippen LogP contribution in [0.25, 0.3) is 0 Å². The summed E-state index contributed by atoms with van der Waals surface area (Å²) in [5.74, 6) is -0.616. The molecule has 0 aromatic heterocycles. The maximum absolute atomic E-state index is 13.3. The second-order valence-corrected chi connectivity index (χ2v) is 10.3. The number of hydrogen-bond donors (Lipinski definition) is 1. The Morgan fingerprint density at radius 3 is 2.25 bits per heavy atom. The number of amides is 2. The van der Waals surface area contributed by atoms with Crippen LogP contribution in [0.15, 0.2) is 77.7 Å². The lowest BCUT2D eigenvalue weighted by molar-refractivity contribution is -0.122. The predicted octanol–water partition coefficient (Wildman–Crippen LogP) is 3.78. The molecule has 2 N–H and O–H groups in total. The number of carbonyl (C=O) groups is 2. The minimum atomic E-state index is -0.625. The summed E-state index contributed by atoms with van der Waals surface area (Å²) in [5.41, 5.74) is 10.9. The Kier molecular flexibility index (Phi) is 7.30. The molecule has 7 heteroatoms. The van der Waals surface area contributed by atoms with Crippen LogP contribution >= 0.6 is 11.8 Å². The number of para-hydroxylation sites is 1. The highest BCUT2D eigenvalue weighted by Crippen LogP contribution is 2.29. The number of nitrogens with zero attached hydrogens (tertiary/aromatic N) is 3. The second-order valence-electron chi connectivity index (χ2n) is 9.46. The van der Waals surface area contributed by atoms with Crippen molar-refractivity contribution in [2.24, 2.45) is 5.73 Å². The maximum atomic E-state index is 13.3. The first kappa shape index (κ1) is 24.4. The Morgan fingerprint density at radius 1 is 0.889 bits per heavy atom. The second kappa shape index (κ2) is 10.8. The van der Waals surface area contributed by atoms with E-state index in [0.717, 1.165) is 43.9 Å². The molecule has 0 bridgehead atoms. The van der Waals surface area contributed by atoms with E-state index in [9.17, 15) is 9.59 Å². The highest BCUT2D eigenvalue weighted by atomic mass is 32.2. The van der Waals surface area contributed by atoms with Gasteiger partial charge in [0.15, 0.2) is 0 Å². The molecule has 0 saturated carbocycles. The Balaban J connectivity index is 1.21. The van der Waals surface area contributed by atoms with E-state index < -0.39 is 11.9 Å². The van der Waals surface area contributed by atoms with E-state index in [1.165, 1.54) is 16.1 Å². The van der Waals surface area contributed by atoms with Gasteiger partial charge in [-0.2, -0.15) is 0 Å². The molecule has 36 heavy (non-hydrogen) atoms. The first-order chi connectivity index (χ1) is 17.5. The van der Waals surface area contributed by atoms with Gasteiger partial charge >= 0.3 is 0 Å². The van der Waals surface area contributed by atoms with Crippen LogP contribution in [0.1, 0.15) is 27.0 Å². The summed E-state index contributed by atoms with van der Waals surface area (Å²) in [5, 5.41) is 0. The quantitative estimate of drug-likeness (QED) is 0.522. The molecule has 2 heterocycles. The first-order valence-corrected chi connectivity index (χ1v) is 13.6. The van der Waals surface area contributed by atoms with Gasteiger partial charge in [0.25, 0.3) is 5.91 Å². The van der Waals surface area contributed by atoms with Crippen LogP contribution in [0.5, 0.6) is 0 Å². The molecule has 2 aliphatic heterocycles. The summed E-state index contributed by atoms with van der Waals surface area (Å²) in [6, 6.07) is 23.7. The van der Waals surface area contributed by atoms with Gasteiger partial charge in [-0.1, -0.05) is 48.5 Å². The third kappa shape index (κ3) is 5.13. The molecular formula is C29H32N4O2S. The van der Waals surface area contributed by atoms with Gasteiger partial charge in [-0.15, -0.1) is 11.8 Å². The minimum absolute atomic E-state index is 0.152. The smallest absolute Gasteiger partial charge is 0.254 e. The average molecular weight is 501 g/mol. The highest BCUT2D eigenvalue weighted by molar-refractivity contribution is 7.98. The van der Waals surface area contributed by atoms with Crippen molar-refractivity contribution in [2.45, 2.75) is 30.4 Å². The standard InChI is InChI=1S/C29H32N4O2S/c1-36-27-9-5-4-8-25(27)32-16-14-31(15-17-32)19-21-10-12-22(13-11-21)29(35)33-20-24-7-3-2-6-23(24)18-26(33)28(30)34/h2-13,26H,14-20H2,1H3,(H2,30,34)/t26-/m0/s1. The fourth-order valence-electron chi connectivity index (χ4n) is 5.21. The van der Waals surface area contributed by atoms with Crippen LogP contribution in [-0.4, -0.2) is 60.1 Å². The molecule has 1 saturated heterocycles. The highest BCUT2D eigenvalue weighted by Gasteiger charge is 2.33. The summed E-state index contributed by atoms with van der Waals surface area (Å²) in [4.78, 5) is 33.4. The van der Waals surface area contributed by atoms with Crippen molar-refractivity contribution in [3.8, 4) is 0 Å². The summed E-state index contributed by atoms with van der Waals surface area (Å²) < 4.78 is 0. The number of benzene rings is 3. The van der Waals surface area contributed by atoms with E-state index in [2.05, 4.69) is 40.3 Å². The van der Waals surface area contributed by atoms with Crippen LogP contribution < -0.4 is 10.6 Å². The lowest BCUT2D eigenvalue weighted by Crippen LogP contribution is -2.51. The number of nitrogens with two attached hydrogens (primary N) is 1. The van der Waals surface area contributed by atoms with Crippen molar-refractivity contribution in [1.29, 1.82) is 0 Å². The number of hydrogen-bond acceptors (Lipinski definition) is 5. The Hall–Kier alpha value is -3.29. The van der Waals surface area contributed by atoms with E-state index in [-0.39, 0.29) is 5.91 Å². The van der Waals surface area contributed by atoms with E-state index in [0.29, 0.717) is 18.5 Å². The number of carbonyl (C=O) groups excluding carboxylic acids is 2. The van der Waals surface area contributed by atoms with Gasteiger partial charge in [0.2, 0.25) is 5.91 Å². The van der Waals surface area contributed by atoms with Crippen LogP contribution in [0.2, 0.25) is 0 Å². The zero-order chi connectivity index (χ0) is 25.1. The lowest BCUT2D eigenvalue weighted by Gasteiger charge is -2.37. The monoisotopic (exact) mass is 500 g/mol. The van der Waals surface area contributed by atoms with Crippen molar-refractivity contribution in [3.05, 3.63) is 95.1 Å². The van der Waals surface area contributed by atoms with E-state index in [1.807, 2.05) is 48.5 Å². The van der Waals surface area contributed by atoms with Crippen molar-refractivity contribution in [3.63, 3.8) is 0 Å². The normalized spacial score (nSPS) is 18.1. The van der Waals surface area contributed by atoms with Gasteiger partial charge in [0.05, 0.1) is 5.69 Å². The molecule has 0 aliphatic carbocycles. The first-order valence-electron chi connectivity index (χ1n) is 12.4. The molecule has 3 aromatic carbocycles. The Morgan fingerprint density at radius 2 is 1.56 bits per heavy atom. The molecule has 1 fully saturated rings. The number of thioether (sulfide) groups is 1. The molecule has 5 rings (SSSR count). The Bertz CT molecular complexity index is 1240. The zero-order valence-electron chi connectivity index (χ0n) is 20.6. The predicted molar refractivity (Wildman–Crippen MR) is 145 cm³/mol. The Labute approximate surface area is 217 Å². The number of primary amides is 1. The third-order valence-electron chi connectivity index (χ3n) is 7.24. The lowest BCUT2D eigenvalue weighted by atomic mass is 9.93. The molecule has 0 radical (unpaired) electrons. The van der Waals surface area contributed by atoms with Crippen molar-refractivity contribution in [1.82, 2.24) is 9.80 Å². The number of rotatable bonds is 6. The summed E-state index contributed by atoms with van der Waals surface area (Å²) >= 11 is 1.79. The molecule has 0 unspecified atom stereocenters. The largest absolute Gasteiger partial charge is 0.368 e. The van der Waals surface area contributed by atoms with Crippen LogP contribution in [0, 0.1) is 0 Å². The number of piperazine rings is 1. The minimum Gasteiger partial charge on any atom is -0.368 e. The van der Waals surface area contributed by atoms with Gasteiger partial charge in [0.1, 0.15) is 6.04 Å².